The van der Waals surface area contributed by atoms with Crippen LogP contribution in [0.1, 0.15) is 16.7 Å². The van der Waals surface area contributed by atoms with Gasteiger partial charge in [-0.2, -0.15) is 5.10 Å². The van der Waals surface area contributed by atoms with Gasteiger partial charge in [0.2, 0.25) is 0 Å². The molecule has 1 aliphatic rings. The number of aromatic nitrogens is 4. The van der Waals surface area contributed by atoms with Crippen molar-refractivity contribution >= 4 is 16.9 Å². The summed E-state index contributed by atoms with van der Waals surface area (Å²) in [5, 5.41) is 5.35. The molecular formula is C19H24N6. The summed E-state index contributed by atoms with van der Waals surface area (Å²) < 4.78 is 1.80. The SMILES string of the molecule is Cc1ccc(C)c(CN2CCN(c3ncnc4c3cnn4C)CC2)c1. The third-order valence-corrected chi connectivity index (χ3v) is 5.08. The van der Waals surface area contributed by atoms with E-state index in [2.05, 4.69) is 56.9 Å². The first-order valence-electron chi connectivity index (χ1n) is 8.78. The maximum Gasteiger partial charge on any atom is 0.163 e. The lowest BCUT2D eigenvalue weighted by molar-refractivity contribution is 0.249. The molecule has 3 heterocycles. The second-order valence-electron chi connectivity index (χ2n) is 6.90. The fourth-order valence-electron chi connectivity index (χ4n) is 3.53. The Balaban J connectivity index is 1.47. The van der Waals surface area contributed by atoms with Gasteiger partial charge in [0.15, 0.2) is 5.65 Å². The number of fused-ring (bicyclic) bond motifs is 1. The van der Waals surface area contributed by atoms with Crippen LogP contribution >= 0.6 is 0 Å². The summed E-state index contributed by atoms with van der Waals surface area (Å²) in [6.07, 6.45) is 3.51. The Morgan fingerprint density at radius 2 is 1.84 bits per heavy atom. The normalized spacial score (nSPS) is 15.9. The van der Waals surface area contributed by atoms with Crippen LogP contribution in [0.4, 0.5) is 5.82 Å². The average molecular weight is 336 g/mol. The largest absolute Gasteiger partial charge is 0.353 e. The van der Waals surface area contributed by atoms with E-state index < -0.39 is 0 Å². The minimum atomic E-state index is 0.891. The third-order valence-electron chi connectivity index (χ3n) is 5.08. The van der Waals surface area contributed by atoms with E-state index in [9.17, 15) is 0 Å². The zero-order valence-corrected chi connectivity index (χ0v) is 15.1. The van der Waals surface area contributed by atoms with Crippen LogP contribution in [-0.2, 0) is 13.6 Å². The first-order valence-corrected chi connectivity index (χ1v) is 8.78. The highest BCUT2D eigenvalue weighted by atomic mass is 15.3. The smallest absolute Gasteiger partial charge is 0.163 e. The lowest BCUT2D eigenvalue weighted by atomic mass is 10.0. The average Bonchev–Trinajstić information content (AvgIpc) is 3.00. The monoisotopic (exact) mass is 336 g/mol. The van der Waals surface area contributed by atoms with Crippen LogP contribution in [0.3, 0.4) is 0 Å². The molecule has 0 saturated carbocycles. The molecule has 0 bridgehead atoms. The quantitative estimate of drug-likeness (QED) is 0.734. The second kappa shape index (κ2) is 6.44. The molecule has 0 amide bonds. The van der Waals surface area contributed by atoms with Crippen LogP contribution in [-0.4, -0.2) is 50.8 Å². The van der Waals surface area contributed by atoms with E-state index in [1.165, 1.54) is 16.7 Å². The lowest BCUT2D eigenvalue weighted by Crippen LogP contribution is -2.46. The summed E-state index contributed by atoms with van der Waals surface area (Å²) in [4.78, 5) is 13.7. The topological polar surface area (TPSA) is 50.1 Å². The Bertz CT molecular complexity index is 892. The number of hydrogen-bond donors (Lipinski definition) is 0. The van der Waals surface area contributed by atoms with Gasteiger partial charge in [-0.3, -0.25) is 9.58 Å². The molecule has 1 saturated heterocycles. The molecule has 0 spiro atoms. The van der Waals surface area contributed by atoms with Gasteiger partial charge >= 0.3 is 0 Å². The molecule has 3 aromatic rings. The Labute approximate surface area is 148 Å². The molecule has 25 heavy (non-hydrogen) atoms. The third kappa shape index (κ3) is 3.09. The van der Waals surface area contributed by atoms with Crippen LogP contribution in [0, 0.1) is 13.8 Å². The number of hydrogen-bond acceptors (Lipinski definition) is 5. The maximum atomic E-state index is 4.52. The molecule has 0 N–H and O–H groups in total. The fourth-order valence-corrected chi connectivity index (χ4v) is 3.53. The summed E-state index contributed by atoms with van der Waals surface area (Å²) >= 11 is 0. The first-order chi connectivity index (χ1) is 12.1. The van der Waals surface area contributed by atoms with Gasteiger partial charge in [0.1, 0.15) is 12.1 Å². The number of piperazine rings is 1. The molecule has 6 heteroatoms. The van der Waals surface area contributed by atoms with Crippen molar-refractivity contribution in [2.24, 2.45) is 7.05 Å². The molecule has 1 aromatic carbocycles. The number of benzene rings is 1. The van der Waals surface area contributed by atoms with Gasteiger partial charge in [-0.25, -0.2) is 9.97 Å². The van der Waals surface area contributed by atoms with Crippen LogP contribution in [0.15, 0.2) is 30.7 Å². The van der Waals surface area contributed by atoms with E-state index in [1.807, 2.05) is 13.2 Å². The highest BCUT2D eigenvalue weighted by Crippen LogP contribution is 2.23. The minimum absolute atomic E-state index is 0.891. The van der Waals surface area contributed by atoms with Gasteiger partial charge in [-0.05, 0) is 25.0 Å². The molecule has 1 aliphatic heterocycles. The molecule has 0 unspecified atom stereocenters. The van der Waals surface area contributed by atoms with Crippen LogP contribution in [0.5, 0.6) is 0 Å². The maximum absolute atomic E-state index is 4.52. The summed E-state index contributed by atoms with van der Waals surface area (Å²) in [5.74, 6) is 1.00. The van der Waals surface area contributed by atoms with E-state index >= 15 is 0 Å². The predicted molar refractivity (Wildman–Crippen MR) is 99.7 cm³/mol. The number of aryl methyl sites for hydroxylation is 3. The fraction of sp³-hybridized carbons (Fsp3) is 0.421. The van der Waals surface area contributed by atoms with Gasteiger partial charge in [-0.1, -0.05) is 23.8 Å². The number of nitrogens with zero attached hydrogens (tertiary/aromatic N) is 6. The lowest BCUT2D eigenvalue weighted by Gasteiger charge is -2.35. The second-order valence-corrected chi connectivity index (χ2v) is 6.90. The summed E-state index contributed by atoms with van der Waals surface area (Å²) in [5.41, 5.74) is 5.04. The van der Waals surface area contributed by atoms with Crippen LogP contribution < -0.4 is 4.90 Å². The number of anilines is 1. The van der Waals surface area contributed by atoms with Crippen molar-refractivity contribution in [1.82, 2.24) is 24.6 Å². The molecule has 0 aliphatic carbocycles. The minimum Gasteiger partial charge on any atom is -0.353 e. The Kier molecular flexibility index (Phi) is 4.13. The van der Waals surface area contributed by atoms with Crippen LogP contribution in [0.2, 0.25) is 0 Å². The zero-order valence-electron chi connectivity index (χ0n) is 15.1. The zero-order chi connectivity index (χ0) is 17.4. The standard InChI is InChI=1S/C19H24N6/c1-14-4-5-15(2)16(10-14)12-24-6-8-25(9-7-24)19-17-11-22-23(3)18(17)20-13-21-19/h4-5,10-11,13H,6-9,12H2,1-3H3. The van der Waals surface area contributed by atoms with E-state index in [4.69, 9.17) is 0 Å². The highest BCUT2D eigenvalue weighted by Gasteiger charge is 2.21. The first kappa shape index (κ1) is 16.0. The Hall–Kier alpha value is -2.47. The Morgan fingerprint density at radius 1 is 1.04 bits per heavy atom. The molecule has 0 atom stereocenters. The summed E-state index contributed by atoms with van der Waals surface area (Å²) in [6.45, 7) is 9.42. The van der Waals surface area contributed by atoms with E-state index in [1.54, 1.807) is 11.0 Å². The van der Waals surface area contributed by atoms with Crippen molar-refractivity contribution in [2.45, 2.75) is 20.4 Å². The van der Waals surface area contributed by atoms with E-state index in [-0.39, 0.29) is 0 Å². The van der Waals surface area contributed by atoms with Gasteiger partial charge in [0.25, 0.3) is 0 Å². The van der Waals surface area contributed by atoms with Crippen molar-refractivity contribution in [1.29, 1.82) is 0 Å². The highest BCUT2D eigenvalue weighted by molar-refractivity contribution is 5.86. The van der Waals surface area contributed by atoms with Crippen molar-refractivity contribution in [3.8, 4) is 0 Å². The molecule has 6 nitrogen and oxygen atoms in total. The molecule has 0 radical (unpaired) electrons. The summed E-state index contributed by atoms with van der Waals surface area (Å²) in [7, 11) is 1.92. The van der Waals surface area contributed by atoms with Crippen molar-refractivity contribution in [3.63, 3.8) is 0 Å². The number of rotatable bonds is 3. The van der Waals surface area contributed by atoms with Crippen molar-refractivity contribution in [2.75, 3.05) is 31.1 Å². The Morgan fingerprint density at radius 3 is 2.64 bits per heavy atom. The van der Waals surface area contributed by atoms with E-state index in [0.717, 1.165) is 49.6 Å². The summed E-state index contributed by atoms with van der Waals surface area (Å²) in [6, 6.07) is 6.72. The van der Waals surface area contributed by atoms with E-state index in [0.29, 0.717) is 0 Å². The van der Waals surface area contributed by atoms with Gasteiger partial charge in [-0.15, -0.1) is 0 Å². The molecule has 4 rings (SSSR count). The molecule has 2 aromatic heterocycles. The van der Waals surface area contributed by atoms with Crippen LogP contribution in [0.25, 0.3) is 11.0 Å². The van der Waals surface area contributed by atoms with Crippen molar-refractivity contribution in [3.05, 3.63) is 47.4 Å². The molecule has 1 fully saturated rings. The molecular weight excluding hydrogens is 312 g/mol. The van der Waals surface area contributed by atoms with Gasteiger partial charge in [0, 0.05) is 39.8 Å². The van der Waals surface area contributed by atoms with Gasteiger partial charge in [0.05, 0.1) is 11.6 Å². The van der Waals surface area contributed by atoms with Crippen molar-refractivity contribution < 1.29 is 0 Å². The molecule has 130 valence electrons. The predicted octanol–water partition coefficient (Wildman–Crippen LogP) is 2.30. The van der Waals surface area contributed by atoms with Gasteiger partial charge < -0.3 is 4.90 Å².